The number of rotatable bonds is 4. The van der Waals surface area contributed by atoms with Gasteiger partial charge in [0.25, 0.3) is 0 Å². The van der Waals surface area contributed by atoms with Gasteiger partial charge in [-0.1, -0.05) is 6.42 Å². The zero-order chi connectivity index (χ0) is 13.4. The van der Waals surface area contributed by atoms with Crippen LogP contribution in [0.3, 0.4) is 0 Å². The highest BCUT2D eigenvalue weighted by Crippen LogP contribution is 2.46. The lowest BCUT2D eigenvalue weighted by Gasteiger charge is -2.23. The van der Waals surface area contributed by atoms with Crippen LogP contribution in [0.1, 0.15) is 25.7 Å². The molecule has 1 heterocycles. The third kappa shape index (κ3) is 2.22. The van der Waals surface area contributed by atoms with Crippen molar-refractivity contribution in [3.05, 3.63) is 22.2 Å². The molecule has 6 heteroatoms. The van der Waals surface area contributed by atoms with Gasteiger partial charge in [-0.15, -0.1) is 0 Å². The number of fused-ring (bicyclic) bond motifs is 2. The van der Waals surface area contributed by atoms with Gasteiger partial charge in [0.05, 0.1) is 4.92 Å². The number of aromatic nitrogens is 1. The SMILES string of the molecule is CNc1ccc([N+](=O)[O-])c(NC2CC3CCC2C3)n1. The highest BCUT2D eigenvalue weighted by atomic mass is 16.6. The molecule has 3 unspecified atom stereocenters. The largest absolute Gasteiger partial charge is 0.373 e. The van der Waals surface area contributed by atoms with Crippen LogP contribution in [0.25, 0.3) is 0 Å². The lowest BCUT2D eigenvalue weighted by molar-refractivity contribution is -0.384. The van der Waals surface area contributed by atoms with Crippen LogP contribution in [0, 0.1) is 22.0 Å². The summed E-state index contributed by atoms with van der Waals surface area (Å²) >= 11 is 0. The Balaban J connectivity index is 1.84. The Morgan fingerprint density at radius 3 is 2.79 bits per heavy atom. The molecule has 2 bridgehead atoms. The normalized spacial score (nSPS) is 28.4. The molecule has 3 rings (SSSR count). The Kier molecular flexibility index (Phi) is 3.00. The second kappa shape index (κ2) is 4.68. The van der Waals surface area contributed by atoms with Crippen molar-refractivity contribution in [2.45, 2.75) is 31.7 Å². The fourth-order valence-corrected chi connectivity index (χ4v) is 3.44. The molecule has 2 saturated carbocycles. The summed E-state index contributed by atoms with van der Waals surface area (Å²) in [5.74, 6) is 2.50. The first-order chi connectivity index (χ1) is 9.17. The number of nitro groups is 1. The topological polar surface area (TPSA) is 80.1 Å². The number of hydrogen-bond acceptors (Lipinski definition) is 5. The van der Waals surface area contributed by atoms with E-state index < -0.39 is 0 Å². The van der Waals surface area contributed by atoms with E-state index in [-0.39, 0.29) is 10.6 Å². The second-order valence-electron chi connectivity index (χ2n) is 5.50. The van der Waals surface area contributed by atoms with Gasteiger partial charge in [-0.3, -0.25) is 10.1 Å². The zero-order valence-electron chi connectivity index (χ0n) is 10.9. The first-order valence-electron chi connectivity index (χ1n) is 6.77. The molecule has 0 radical (unpaired) electrons. The van der Waals surface area contributed by atoms with Gasteiger partial charge < -0.3 is 10.6 Å². The number of nitrogens with zero attached hydrogens (tertiary/aromatic N) is 2. The van der Waals surface area contributed by atoms with Crippen molar-refractivity contribution in [2.24, 2.45) is 11.8 Å². The van der Waals surface area contributed by atoms with E-state index in [1.54, 1.807) is 13.1 Å². The fourth-order valence-electron chi connectivity index (χ4n) is 3.44. The Hall–Kier alpha value is -1.85. The van der Waals surface area contributed by atoms with Gasteiger partial charge in [0, 0.05) is 19.2 Å². The summed E-state index contributed by atoms with van der Waals surface area (Å²) in [4.78, 5) is 15.0. The van der Waals surface area contributed by atoms with E-state index in [2.05, 4.69) is 15.6 Å². The minimum absolute atomic E-state index is 0.0572. The maximum Gasteiger partial charge on any atom is 0.311 e. The zero-order valence-corrected chi connectivity index (χ0v) is 10.9. The molecule has 2 fully saturated rings. The Morgan fingerprint density at radius 1 is 1.37 bits per heavy atom. The molecule has 0 spiro atoms. The summed E-state index contributed by atoms with van der Waals surface area (Å²) in [6.07, 6.45) is 4.93. The van der Waals surface area contributed by atoms with Crippen LogP contribution in [-0.2, 0) is 0 Å². The van der Waals surface area contributed by atoms with Crippen molar-refractivity contribution in [1.29, 1.82) is 0 Å². The molecule has 3 atom stereocenters. The molecule has 2 aliphatic carbocycles. The van der Waals surface area contributed by atoms with Gasteiger partial charge in [-0.05, 0) is 37.2 Å². The molecule has 1 aromatic heterocycles. The van der Waals surface area contributed by atoms with Crippen molar-refractivity contribution in [2.75, 3.05) is 17.7 Å². The monoisotopic (exact) mass is 262 g/mol. The molecule has 0 amide bonds. The smallest absolute Gasteiger partial charge is 0.311 e. The van der Waals surface area contributed by atoms with Crippen LogP contribution in [0.15, 0.2) is 12.1 Å². The maximum atomic E-state index is 11.1. The maximum absolute atomic E-state index is 11.1. The van der Waals surface area contributed by atoms with E-state index in [1.807, 2.05) is 0 Å². The lowest BCUT2D eigenvalue weighted by atomic mass is 9.95. The third-order valence-electron chi connectivity index (χ3n) is 4.39. The van der Waals surface area contributed by atoms with Gasteiger partial charge in [-0.25, -0.2) is 4.98 Å². The van der Waals surface area contributed by atoms with Crippen LogP contribution in [0.4, 0.5) is 17.3 Å². The van der Waals surface area contributed by atoms with Gasteiger partial charge >= 0.3 is 5.69 Å². The van der Waals surface area contributed by atoms with Gasteiger partial charge in [0.2, 0.25) is 5.82 Å². The van der Waals surface area contributed by atoms with Crippen molar-refractivity contribution in [3.63, 3.8) is 0 Å². The summed E-state index contributed by atoms with van der Waals surface area (Å²) in [6.45, 7) is 0. The van der Waals surface area contributed by atoms with Crippen LogP contribution in [0.5, 0.6) is 0 Å². The van der Waals surface area contributed by atoms with E-state index in [4.69, 9.17) is 0 Å². The Labute approximate surface area is 111 Å². The summed E-state index contributed by atoms with van der Waals surface area (Å²) in [5, 5.41) is 17.3. The standard InChI is InChI=1S/C13H18N4O2/c1-14-12-5-4-11(17(18)19)13(16-12)15-10-7-8-2-3-9(10)6-8/h4-5,8-10H,2-3,6-7H2,1H3,(H2,14,15,16). The van der Waals surface area contributed by atoms with Crippen molar-refractivity contribution < 1.29 is 4.92 Å². The highest BCUT2D eigenvalue weighted by Gasteiger charge is 2.40. The summed E-state index contributed by atoms with van der Waals surface area (Å²) < 4.78 is 0. The summed E-state index contributed by atoms with van der Waals surface area (Å²) in [6, 6.07) is 3.48. The number of pyridine rings is 1. The van der Waals surface area contributed by atoms with E-state index in [0.29, 0.717) is 23.6 Å². The van der Waals surface area contributed by atoms with Gasteiger partial charge in [-0.2, -0.15) is 0 Å². The molecule has 0 aliphatic heterocycles. The molecule has 0 saturated heterocycles. The van der Waals surface area contributed by atoms with Crippen LogP contribution in [-0.4, -0.2) is 23.0 Å². The molecule has 0 aromatic carbocycles. The van der Waals surface area contributed by atoms with E-state index in [9.17, 15) is 10.1 Å². The van der Waals surface area contributed by atoms with Gasteiger partial charge in [0.15, 0.2) is 0 Å². The molecule has 2 N–H and O–H groups in total. The Morgan fingerprint density at radius 2 is 2.21 bits per heavy atom. The van der Waals surface area contributed by atoms with Crippen LogP contribution in [0.2, 0.25) is 0 Å². The number of hydrogen-bond donors (Lipinski definition) is 2. The molecule has 2 aliphatic rings. The first-order valence-corrected chi connectivity index (χ1v) is 6.77. The fraction of sp³-hybridized carbons (Fsp3) is 0.615. The summed E-state index contributed by atoms with van der Waals surface area (Å²) in [7, 11) is 1.76. The molecule has 19 heavy (non-hydrogen) atoms. The quantitative estimate of drug-likeness (QED) is 0.644. The second-order valence-corrected chi connectivity index (χ2v) is 5.50. The predicted molar refractivity (Wildman–Crippen MR) is 73.3 cm³/mol. The average molecular weight is 262 g/mol. The van der Waals surface area contributed by atoms with Crippen molar-refractivity contribution in [3.8, 4) is 0 Å². The number of nitrogens with one attached hydrogen (secondary N) is 2. The minimum atomic E-state index is -0.373. The predicted octanol–water partition coefficient (Wildman–Crippen LogP) is 2.63. The van der Waals surface area contributed by atoms with E-state index in [1.165, 1.54) is 25.3 Å². The van der Waals surface area contributed by atoms with Crippen LogP contribution < -0.4 is 10.6 Å². The number of anilines is 2. The summed E-state index contributed by atoms with van der Waals surface area (Å²) in [5.41, 5.74) is 0.0572. The van der Waals surface area contributed by atoms with E-state index >= 15 is 0 Å². The molecular formula is C13H18N4O2. The molecule has 1 aromatic rings. The van der Waals surface area contributed by atoms with Crippen LogP contribution >= 0.6 is 0 Å². The molecular weight excluding hydrogens is 244 g/mol. The molecule has 6 nitrogen and oxygen atoms in total. The third-order valence-corrected chi connectivity index (χ3v) is 4.39. The van der Waals surface area contributed by atoms with Crippen molar-refractivity contribution in [1.82, 2.24) is 4.98 Å². The van der Waals surface area contributed by atoms with Crippen molar-refractivity contribution >= 4 is 17.3 Å². The average Bonchev–Trinajstić information content (AvgIpc) is 3.00. The Bertz CT molecular complexity index is 505. The van der Waals surface area contributed by atoms with E-state index in [0.717, 1.165) is 12.3 Å². The highest BCUT2D eigenvalue weighted by molar-refractivity contribution is 5.60. The first kappa shape index (κ1) is 12.2. The van der Waals surface area contributed by atoms with Gasteiger partial charge in [0.1, 0.15) is 5.82 Å². The minimum Gasteiger partial charge on any atom is -0.373 e. The lowest BCUT2D eigenvalue weighted by Crippen LogP contribution is -2.26. The molecule has 102 valence electrons.